The van der Waals surface area contributed by atoms with Gasteiger partial charge in [-0.3, -0.25) is 4.79 Å². The highest BCUT2D eigenvalue weighted by molar-refractivity contribution is 5.92. The number of nitrogens with zero attached hydrogens (tertiary/aromatic N) is 2. The van der Waals surface area contributed by atoms with Crippen molar-refractivity contribution in [1.82, 2.24) is 10.1 Å². The molecule has 1 atom stereocenters. The molecule has 2 rings (SSSR count). The van der Waals surface area contributed by atoms with Crippen molar-refractivity contribution < 1.29 is 14.4 Å². The number of aliphatic hydroxyl groups is 1. The Morgan fingerprint density at radius 3 is 3.06 bits per heavy atom. The van der Waals surface area contributed by atoms with Crippen molar-refractivity contribution in [2.75, 3.05) is 13.2 Å². The zero-order valence-electron chi connectivity index (χ0n) is 10.1. The SMILES string of the molecule is Cc1cc(C(=O)N2CCCCCC2CO)no1. The third-order valence-electron chi connectivity index (χ3n) is 3.20. The Morgan fingerprint density at radius 2 is 2.41 bits per heavy atom. The van der Waals surface area contributed by atoms with Crippen LogP contribution in [0.15, 0.2) is 10.6 Å². The second-order valence-corrected chi connectivity index (χ2v) is 4.51. The minimum absolute atomic E-state index is 0.0164. The van der Waals surface area contributed by atoms with E-state index in [1.165, 1.54) is 0 Å². The summed E-state index contributed by atoms with van der Waals surface area (Å²) < 4.78 is 4.92. The van der Waals surface area contributed by atoms with Crippen molar-refractivity contribution in [3.63, 3.8) is 0 Å². The predicted molar refractivity (Wildman–Crippen MR) is 61.6 cm³/mol. The molecule has 0 saturated carbocycles. The van der Waals surface area contributed by atoms with E-state index in [2.05, 4.69) is 5.16 Å². The lowest BCUT2D eigenvalue weighted by Gasteiger charge is -2.27. The smallest absolute Gasteiger partial charge is 0.276 e. The van der Waals surface area contributed by atoms with Gasteiger partial charge in [-0.05, 0) is 19.8 Å². The molecule has 94 valence electrons. The van der Waals surface area contributed by atoms with Crippen molar-refractivity contribution >= 4 is 5.91 Å². The van der Waals surface area contributed by atoms with Crippen LogP contribution in [0.2, 0.25) is 0 Å². The van der Waals surface area contributed by atoms with E-state index in [4.69, 9.17) is 4.52 Å². The van der Waals surface area contributed by atoms with E-state index < -0.39 is 0 Å². The fourth-order valence-corrected chi connectivity index (χ4v) is 2.25. The first-order chi connectivity index (χ1) is 8.22. The van der Waals surface area contributed by atoms with Crippen LogP contribution in [-0.2, 0) is 0 Å². The maximum Gasteiger partial charge on any atom is 0.276 e. The molecule has 1 saturated heterocycles. The molecule has 0 aliphatic carbocycles. The number of rotatable bonds is 2. The number of hydrogen-bond acceptors (Lipinski definition) is 4. The molecule has 1 amide bonds. The summed E-state index contributed by atoms with van der Waals surface area (Å²) in [6.07, 6.45) is 4.02. The number of carbonyl (C=O) groups excluding carboxylic acids is 1. The van der Waals surface area contributed by atoms with Gasteiger partial charge in [-0.15, -0.1) is 0 Å². The highest BCUT2D eigenvalue weighted by atomic mass is 16.5. The number of aryl methyl sites for hydroxylation is 1. The molecule has 1 fully saturated rings. The summed E-state index contributed by atoms with van der Waals surface area (Å²) >= 11 is 0. The first-order valence-corrected chi connectivity index (χ1v) is 6.07. The van der Waals surface area contributed by atoms with Crippen LogP contribution < -0.4 is 0 Å². The van der Waals surface area contributed by atoms with Crippen LogP contribution in [0.5, 0.6) is 0 Å². The quantitative estimate of drug-likeness (QED) is 0.844. The van der Waals surface area contributed by atoms with Crippen molar-refractivity contribution in [1.29, 1.82) is 0 Å². The monoisotopic (exact) mass is 238 g/mol. The Kier molecular flexibility index (Phi) is 3.78. The highest BCUT2D eigenvalue weighted by Crippen LogP contribution is 2.19. The van der Waals surface area contributed by atoms with Gasteiger partial charge in [-0.25, -0.2) is 0 Å². The van der Waals surface area contributed by atoms with Crippen LogP contribution in [0.25, 0.3) is 0 Å². The summed E-state index contributed by atoms with van der Waals surface area (Å²) in [7, 11) is 0. The fraction of sp³-hybridized carbons (Fsp3) is 0.667. The fourth-order valence-electron chi connectivity index (χ4n) is 2.25. The molecule has 0 bridgehead atoms. The van der Waals surface area contributed by atoms with Gasteiger partial charge in [0.2, 0.25) is 0 Å². The predicted octanol–water partition coefficient (Wildman–Crippen LogP) is 1.36. The van der Waals surface area contributed by atoms with Crippen molar-refractivity contribution in [3.05, 3.63) is 17.5 Å². The molecule has 1 aromatic heterocycles. The molecular formula is C12H18N2O3. The topological polar surface area (TPSA) is 66.6 Å². The van der Waals surface area contributed by atoms with Crippen LogP contribution in [0.1, 0.15) is 41.9 Å². The van der Waals surface area contributed by atoms with Crippen LogP contribution >= 0.6 is 0 Å². The molecule has 1 aromatic rings. The maximum atomic E-state index is 12.2. The van der Waals surface area contributed by atoms with Gasteiger partial charge in [-0.1, -0.05) is 18.0 Å². The summed E-state index contributed by atoms with van der Waals surface area (Å²) in [6, 6.07) is 1.56. The molecule has 1 aliphatic rings. The molecule has 0 spiro atoms. The van der Waals surface area contributed by atoms with Gasteiger partial charge in [0.25, 0.3) is 5.91 Å². The summed E-state index contributed by atoms with van der Waals surface area (Å²) in [6.45, 7) is 2.47. The average Bonchev–Trinajstić information content (AvgIpc) is 2.64. The van der Waals surface area contributed by atoms with Gasteiger partial charge in [0.15, 0.2) is 5.69 Å². The number of amides is 1. The minimum atomic E-state index is -0.136. The lowest BCUT2D eigenvalue weighted by molar-refractivity contribution is 0.0589. The molecule has 5 nitrogen and oxygen atoms in total. The van der Waals surface area contributed by atoms with E-state index >= 15 is 0 Å². The normalized spacial score (nSPS) is 21.3. The molecule has 17 heavy (non-hydrogen) atoms. The van der Waals surface area contributed by atoms with Gasteiger partial charge in [0.1, 0.15) is 5.76 Å². The van der Waals surface area contributed by atoms with Crippen LogP contribution in [0, 0.1) is 6.92 Å². The van der Waals surface area contributed by atoms with Gasteiger partial charge >= 0.3 is 0 Å². The minimum Gasteiger partial charge on any atom is -0.394 e. The van der Waals surface area contributed by atoms with Gasteiger partial charge < -0.3 is 14.5 Å². The second-order valence-electron chi connectivity index (χ2n) is 4.51. The van der Waals surface area contributed by atoms with Gasteiger partial charge in [0, 0.05) is 12.6 Å². The standard InChI is InChI=1S/C12H18N2O3/c1-9-7-11(13-17-9)12(16)14-6-4-2-3-5-10(14)8-15/h7,10,15H,2-6,8H2,1H3. The van der Waals surface area contributed by atoms with E-state index in [-0.39, 0.29) is 18.6 Å². The number of hydrogen-bond donors (Lipinski definition) is 1. The summed E-state index contributed by atoms with van der Waals surface area (Å²) in [5.74, 6) is 0.492. The second kappa shape index (κ2) is 5.31. The Morgan fingerprint density at radius 1 is 1.59 bits per heavy atom. The zero-order chi connectivity index (χ0) is 12.3. The zero-order valence-corrected chi connectivity index (χ0v) is 10.1. The van der Waals surface area contributed by atoms with E-state index in [0.29, 0.717) is 18.0 Å². The number of likely N-dealkylation sites (tertiary alicyclic amines) is 1. The Labute approximate surface area is 100 Å². The maximum absolute atomic E-state index is 12.2. The van der Waals surface area contributed by atoms with E-state index in [1.807, 2.05) is 0 Å². The molecule has 0 aromatic carbocycles. The summed E-state index contributed by atoms with van der Waals surface area (Å²) in [5, 5.41) is 13.1. The molecule has 2 heterocycles. The first-order valence-electron chi connectivity index (χ1n) is 6.07. The Hall–Kier alpha value is -1.36. The molecule has 1 unspecified atom stereocenters. The third-order valence-corrected chi connectivity index (χ3v) is 3.20. The molecule has 0 radical (unpaired) electrons. The lowest BCUT2D eigenvalue weighted by Crippen LogP contribution is -2.42. The van der Waals surface area contributed by atoms with E-state index in [0.717, 1.165) is 25.7 Å². The third kappa shape index (κ3) is 2.66. The largest absolute Gasteiger partial charge is 0.394 e. The van der Waals surface area contributed by atoms with Crippen molar-refractivity contribution in [3.8, 4) is 0 Å². The molecule has 1 aliphatic heterocycles. The molecule has 1 N–H and O–H groups in total. The Bertz CT molecular complexity index is 389. The Balaban J connectivity index is 2.15. The van der Waals surface area contributed by atoms with Crippen LogP contribution in [-0.4, -0.2) is 40.3 Å². The first kappa shape index (κ1) is 12.1. The summed E-state index contributed by atoms with van der Waals surface area (Å²) in [5.41, 5.74) is 0.336. The number of aliphatic hydroxyl groups excluding tert-OH is 1. The van der Waals surface area contributed by atoms with Gasteiger partial charge in [-0.2, -0.15) is 0 Å². The van der Waals surface area contributed by atoms with Crippen LogP contribution in [0.4, 0.5) is 0 Å². The van der Waals surface area contributed by atoms with Crippen molar-refractivity contribution in [2.45, 2.75) is 38.6 Å². The number of aromatic nitrogens is 1. The molecule has 5 heteroatoms. The number of carbonyl (C=O) groups is 1. The van der Waals surface area contributed by atoms with Crippen molar-refractivity contribution in [2.24, 2.45) is 0 Å². The van der Waals surface area contributed by atoms with E-state index in [1.54, 1.807) is 17.9 Å². The summed E-state index contributed by atoms with van der Waals surface area (Å²) in [4.78, 5) is 14.0. The molecular weight excluding hydrogens is 220 g/mol. The highest BCUT2D eigenvalue weighted by Gasteiger charge is 2.27. The average molecular weight is 238 g/mol. The lowest BCUT2D eigenvalue weighted by atomic mass is 10.1. The van der Waals surface area contributed by atoms with E-state index in [9.17, 15) is 9.90 Å². The van der Waals surface area contributed by atoms with Crippen LogP contribution in [0.3, 0.4) is 0 Å². The van der Waals surface area contributed by atoms with Gasteiger partial charge in [0.05, 0.1) is 12.6 Å².